The van der Waals surface area contributed by atoms with Gasteiger partial charge < -0.3 is 20.7 Å². The zero-order chi connectivity index (χ0) is 19.9. The number of benzene rings is 1. The first-order valence-electron chi connectivity index (χ1n) is 10.1. The van der Waals surface area contributed by atoms with Gasteiger partial charge in [-0.3, -0.25) is 4.79 Å². The van der Waals surface area contributed by atoms with Gasteiger partial charge in [-0.25, -0.2) is 4.99 Å². The maximum atomic E-state index is 11.7. The number of anilines is 1. The first kappa shape index (κ1) is 23.0. The minimum absolute atomic E-state index is 0.0260. The van der Waals surface area contributed by atoms with E-state index < -0.39 is 0 Å². The van der Waals surface area contributed by atoms with Gasteiger partial charge in [-0.2, -0.15) is 0 Å². The largest absolute Gasteiger partial charge is 0.381 e. The van der Waals surface area contributed by atoms with E-state index in [0.717, 1.165) is 56.4 Å². The maximum Gasteiger partial charge on any atom is 0.226 e. The molecule has 0 aliphatic rings. The van der Waals surface area contributed by atoms with Crippen LogP contribution in [0.25, 0.3) is 0 Å². The summed E-state index contributed by atoms with van der Waals surface area (Å²) in [5, 5.41) is 9.48. The van der Waals surface area contributed by atoms with Crippen molar-refractivity contribution in [2.45, 2.75) is 53.5 Å². The number of amides is 1. The first-order chi connectivity index (χ1) is 13.1. The van der Waals surface area contributed by atoms with Gasteiger partial charge >= 0.3 is 0 Å². The summed E-state index contributed by atoms with van der Waals surface area (Å²) in [5.74, 6) is 0.807. The van der Waals surface area contributed by atoms with Gasteiger partial charge in [-0.1, -0.05) is 39.3 Å². The summed E-state index contributed by atoms with van der Waals surface area (Å²) >= 11 is 0. The van der Waals surface area contributed by atoms with Crippen molar-refractivity contribution in [3.8, 4) is 0 Å². The van der Waals surface area contributed by atoms with Crippen LogP contribution in [-0.4, -0.2) is 38.2 Å². The molecule has 0 atom stereocenters. The number of rotatable bonds is 12. The maximum absolute atomic E-state index is 11.7. The molecule has 0 aliphatic heterocycles. The van der Waals surface area contributed by atoms with E-state index in [1.807, 2.05) is 38.1 Å². The Hall–Kier alpha value is -2.08. The molecule has 0 spiro atoms. The minimum Gasteiger partial charge on any atom is -0.381 e. The van der Waals surface area contributed by atoms with Crippen molar-refractivity contribution in [1.29, 1.82) is 0 Å². The average molecular weight is 377 g/mol. The van der Waals surface area contributed by atoms with Gasteiger partial charge in [-0.15, -0.1) is 0 Å². The summed E-state index contributed by atoms with van der Waals surface area (Å²) in [7, 11) is 0. The molecule has 0 saturated carbocycles. The number of hydrogen-bond acceptors (Lipinski definition) is 3. The lowest BCUT2D eigenvalue weighted by atomic mass is 10.2. The highest BCUT2D eigenvalue weighted by Crippen LogP contribution is 2.11. The molecule has 6 nitrogen and oxygen atoms in total. The number of nitrogens with zero attached hydrogens (tertiary/aromatic N) is 1. The van der Waals surface area contributed by atoms with Crippen LogP contribution in [0.1, 0.15) is 52.5 Å². The lowest BCUT2D eigenvalue weighted by Crippen LogP contribution is -2.38. The van der Waals surface area contributed by atoms with Crippen molar-refractivity contribution >= 4 is 17.6 Å². The third-order valence-electron chi connectivity index (χ3n) is 3.91. The number of carbonyl (C=O) groups is 1. The van der Waals surface area contributed by atoms with Gasteiger partial charge in [0.15, 0.2) is 5.96 Å². The molecule has 0 radical (unpaired) electrons. The first-order valence-corrected chi connectivity index (χ1v) is 10.1. The number of unbranched alkanes of at least 4 members (excludes halogenated alkanes) is 1. The van der Waals surface area contributed by atoms with E-state index in [1.165, 1.54) is 6.42 Å². The Morgan fingerprint density at radius 2 is 1.78 bits per heavy atom. The van der Waals surface area contributed by atoms with Crippen molar-refractivity contribution in [2.75, 3.05) is 31.6 Å². The summed E-state index contributed by atoms with van der Waals surface area (Å²) in [6.07, 6.45) is 3.25. The van der Waals surface area contributed by atoms with Gasteiger partial charge in [0, 0.05) is 37.9 Å². The van der Waals surface area contributed by atoms with E-state index in [0.29, 0.717) is 6.54 Å². The zero-order valence-corrected chi connectivity index (χ0v) is 17.3. The summed E-state index contributed by atoms with van der Waals surface area (Å²) in [6.45, 7) is 11.8. The SMILES string of the molecule is CCCCOCCCNC(=NCc1ccc(NC(=O)C(C)C)cc1)NCC. The smallest absolute Gasteiger partial charge is 0.226 e. The molecule has 1 aromatic rings. The van der Waals surface area contributed by atoms with Gasteiger partial charge in [0.05, 0.1) is 6.54 Å². The fourth-order valence-corrected chi connectivity index (χ4v) is 2.22. The standard InChI is InChI=1S/C21H36N4O2/c1-5-7-14-27-15-8-13-23-21(22-6-2)24-16-18-9-11-19(12-10-18)25-20(26)17(3)4/h9-12,17H,5-8,13-16H2,1-4H3,(H,25,26)(H2,22,23,24). The van der Waals surface area contributed by atoms with E-state index >= 15 is 0 Å². The van der Waals surface area contributed by atoms with E-state index in [4.69, 9.17) is 4.74 Å². The molecule has 152 valence electrons. The van der Waals surface area contributed by atoms with E-state index in [2.05, 4.69) is 34.8 Å². The van der Waals surface area contributed by atoms with Gasteiger partial charge in [0.25, 0.3) is 0 Å². The van der Waals surface area contributed by atoms with E-state index in [-0.39, 0.29) is 11.8 Å². The lowest BCUT2D eigenvalue weighted by molar-refractivity contribution is -0.118. The second-order valence-electron chi connectivity index (χ2n) is 6.78. The van der Waals surface area contributed by atoms with E-state index in [1.54, 1.807) is 0 Å². The normalized spacial score (nSPS) is 11.5. The number of nitrogens with one attached hydrogen (secondary N) is 3. The molecule has 0 fully saturated rings. The minimum atomic E-state index is -0.0277. The average Bonchev–Trinajstić information content (AvgIpc) is 2.66. The summed E-state index contributed by atoms with van der Waals surface area (Å²) in [5.41, 5.74) is 1.91. The predicted molar refractivity (Wildman–Crippen MR) is 113 cm³/mol. The molecule has 0 aliphatic carbocycles. The van der Waals surface area contributed by atoms with Crippen LogP contribution in [0.2, 0.25) is 0 Å². The van der Waals surface area contributed by atoms with Gasteiger partial charge in [0.2, 0.25) is 5.91 Å². The summed E-state index contributed by atoms with van der Waals surface area (Å²) in [4.78, 5) is 16.3. The Bertz CT molecular complexity index is 556. The molecule has 0 heterocycles. The molecule has 0 saturated heterocycles. The highest BCUT2D eigenvalue weighted by atomic mass is 16.5. The van der Waals surface area contributed by atoms with Gasteiger partial charge in [-0.05, 0) is 37.5 Å². The molecular formula is C21H36N4O2. The van der Waals surface area contributed by atoms with Crippen LogP contribution in [0.3, 0.4) is 0 Å². The Morgan fingerprint density at radius 3 is 2.41 bits per heavy atom. The molecular weight excluding hydrogens is 340 g/mol. The van der Waals surface area contributed by atoms with Crippen LogP contribution in [-0.2, 0) is 16.1 Å². The number of ether oxygens (including phenoxy) is 1. The van der Waals surface area contributed by atoms with Crippen molar-refractivity contribution in [3.05, 3.63) is 29.8 Å². The Morgan fingerprint density at radius 1 is 1.07 bits per heavy atom. The molecule has 6 heteroatoms. The molecule has 1 aromatic carbocycles. The number of aliphatic imine (C=N–C) groups is 1. The molecule has 0 aromatic heterocycles. The molecule has 0 bridgehead atoms. The van der Waals surface area contributed by atoms with E-state index in [9.17, 15) is 4.79 Å². The van der Waals surface area contributed by atoms with Crippen molar-refractivity contribution in [1.82, 2.24) is 10.6 Å². The third kappa shape index (κ3) is 10.6. The van der Waals surface area contributed by atoms with Crippen LogP contribution in [0.5, 0.6) is 0 Å². The number of hydrogen-bond donors (Lipinski definition) is 3. The fraction of sp³-hybridized carbons (Fsp3) is 0.619. The predicted octanol–water partition coefficient (Wildman–Crippen LogP) is 3.54. The monoisotopic (exact) mass is 376 g/mol. The van der Waals surface area contributed by atoms with Crippen molar-refractivity contribution in [3.63, 3.8) is 0 Å². The molecule has 1 rings (SSSR count). The van der Waals surface area contributed by atoms with Crippen molar-refractivity contribution in [2.24, 2.45) is 10.9 Å². The second-order valence-corrected chi connectivity index (χ2v) is 6.78. The topological polar surface area (TPSA) is 74.8 Å². The highest BCUT2D eigenvalue weighted by Gasteiger charge is 2.06. The third-order valence-corrected chi connectivity index (χ3v) is 3.91. The Kier molecular flexibility index (Phi) is 11.9. The van der Waals surface area contributed by atoms with Crippen LogP contribution >= 0.6 is 0 Å². The Balaban J connectivity index is 2.41. The van der Waals surface area contributed by atoms with Crippen LogP contribution < -0.4 is 16.0 Å². The number of carbonyl (C=O) groups excluding carboxylic acids is 1. The zero-order valence-electron chi connectivity index (χ0n) is 17.3. The van der Waals surface area contributed by atoms with Crippen LogP contribution in [0, 0.1) is 5.92 Å². The molecule has 0 unspecified atom stereocenters. The molecule has 27 heavy (non-hydrogen) atoms. The van der Waals surface area contributed by atoms with Crippen LogP contribution in [0.15, 0.2) is 29.3 Å². The Labute approximate surface area is 164 Å². The van der Waals surface area contributed by atoms with Gasteiger partial charge in [0.1, 0.15) is 0 Å². The summed E-state index contributed by atoms with van der Waals surface area (Å²) < 4.78 is 5.57. The molecule has 1 amide bonds. The highest BCUT2D eigenvalue weighted by molar-refractivity contribution is 5.92. The van der Waals surface area contributed by atoms with Crippen LogP contribution in [0.4, 0.5) is 5.69 Å². The second kappa shape index (κ2) is 14.0. The summed E-state index contributed by atoms with van der Waals surface area (Å²) in [6, 6.07) is 7.81. The molecule has 3 N–H and O–H groups in total. The lowest BCUT2D eigenvalue weighted by Gasteiger charge is -2.12. The fourth-order valence-electron chi connectivity index (χ4n) is 2.22. The quantitative estimate of drug-likeness (QED) is 0.296. The number of guanidine groups is 1. The van der Waals surface area contributed by atoms with Crippen molar-refractivity contribution < 1.29 is 9.53 Å².